The van der Waals surface area contributed by atoms with Crippen LogP contribution in [0.1, 0.15) is 28.4 Å². The van der Waals surface area contributed by atoms with Gasteiger partial charge in [-0.1, -0.05) is 18.2 Å². The molecule has 25 heavy (non-hydrogen) atoms. The van der Waals surface area contributed by atoms with Crippen molar-refractivity contribution in [1.82, 2.24) is 0 Å². The largest absolute Gasteiger partial charge is 0.490 e. The van der Waals surface area contributed by atoms with Gasteiger partial charge in [-0.3, -0.25) is 0 Å². The third kappa shape index (κ3) is 4.91. The number of rotatable bonds is 7. The molecule has 2 rings (SSSR count). The fourth-order valence-corrected chi connectivity index (χ4v) is 2.11. The molecular formula is C18H15F2NO4. The van der Waals surface area contributed by atoms with Crippen LogP contribution in [0.3, 0.4) is 0 Å². The van der Waals surface area contributed by atoms with Crippen LogP contribution in [-0.2, 0) is 11.3 Å². The van der Waals surface area contributed by atoms with Crippen LogP contribution in [0.15, 0.2) is 42.5 Å². The summed E-state index contributed by atoms with van der Waals surface area (Å²) in [6.07, 6.45) is 0. The van der Waals surface area contributed by atoms with Gasteiger partial charge in [-0.25, -0.2) is 4.79 Å². The predicted octanol–water partition coefficient (Wildman–Crippen LogP) is 3.92. The van der Waals surface area contributed by atoms with Crippen LogP contribution in [0.5, 0.6) is 11.5 Å². The van der Waals surface area contributed by atoms with Crippen LogP contribution >= 0.6 is 0 Å². The zero-order valence-corrected chi connectivity index (χ0v) is 13.4. The average molecular weight is 347 g/mol. The van der Waals surface area contributed by atoms with Crippen LogP contribution in [0.2, 0.25) is 0 Å². The third-order valence-corrected chi connectivity index (χ3v) is 3.15. The Balaban J connectivity index is 2.17. The standard InChI is InChI=1S/C18H15F2NO4/c1-2-23-15-8-4-7-14(16(15)25-18(19)20)11-24-17(22)13-6-3-5-12(9-13)10-21/h3-9,18H,2,11H2,1H3. The molecule has 0 fully saturated rings. The van der Waals surface area contributed by atoms with E-state index in [1.165, 1.54) is 24.3 Å². The molecular weight excluding hydrogens is 332 g/mol. The van der Waals surface area contributed by atoms with Crippen molar-refractivity contribution >= 4 is 5.97 Å². The lowest BCUT2D eigenvalue weighted by atomic mass is 10.1. The van der Waals surface area contributed by atoms with Gasteiger partial charge in [0.05, 0.1) is 23.8 Å². The van der Waals surface area contributed by atoms with Crippen molar-refractivity contribution in [3.63, 3.8) is 0 Å². The number of hydrogen-bond donors (Lipinski definition) is 0. The van der Waals surface area contributed by atoms with Crippen LogP contribution in [0.25, 0.3) is 0 Å². The van der Waals surface area contributed by atoms with E-state index in [4.69, 9.17) is 14.7 Å². The highest BCUT2D eigenvalue weighted by molar-refractivity contribution is 5.89. The number of halogens is 2. The first-order valence-electron chi connectivity index (χ1n) is 7.42. The van der Waals surface area contributed by atoms with Crippen LogP contribution in [0.4, 0.5) is 8.78 Å². The van der Waals surface area contributed by atoms with E-state index in [0.717, 1.165) is 0 Å². The molecule has 0 aliphatic carbocycles. The number of benzene rings is 2. The Kier molecular flexibility index (Phi) is 6.29. The van der Waals surface area contributed by atoms with E-state index in [1.54, 1.807) is 25.1 Å². The summed E-state index contributed by atoms with van der Waals surface area (Å²) in [5.74, 6) is -0.706. The van der Waals surface area contributed by atoms with Gasteiger partial charge in [-0.15, -0.1) is 0 Å². The van der Waals surface area contributed by atoms with Gasteiger partial charge in [0.1, 0.15) is 6.61 Å². The zero-order valence-electron chi connectivity index (χ0n) is 13.4. The van der Waals surface area contributed by atoms with Crippen molar-refractivity contribution in [3.05, 3.63) is 59.2 Å². The van der Waals surface area contributed by atoms with E-state index < -0.39 is 12.6 Å². The molecule has 7 heteroatoms. The quantitative estimate of drug-likeness (QED) is 0.710. The lowest BCUT2D eigenvalue weighted by Gasteiger charge is -2.15. The molecule has 0 heterocycles. The predicted molar refractivity (Wildman–Crippen MR) is 84.5 cm³/mol. The van der Waals surface area contributed by atoms with Crippen molar-refractivity contribution < 1.29 is 27.8 Å². The topological polar surface area (TPSA) is 68.5 Å². The molecule has 0 bridgehead atoms. The van der Waals surface area contributed by atoms with Crippen LogP contribution in [-0.4, -0.2) is 19.2 Å². The molecule has 0 unspecified atom stereocenters. The molecule has 2 aromatic rings. The highest BCUT2D eigenvalue weighted by Gasteiger charge is 2.17. The monoisotopic (exact) mass is 347 g/mol. The van der Waals surface area contributed by atoms with Crippen molar-refractivity contribution in [3.8, 4) is 17.6 Å². The summed E-state index contributed by atoms with van der Waals surface area (Å²) in [6.45, 7) is -1.34. The second-order valence-electron chi connectivity index (χ2n) is 4.82. The van der Waals surface area contributed by atoms with Crippen LogP contribution < -0.4 is 9.47 Å². The van der Waals surface area contributed by atoms with Crippen LogP contribution in [0, 0.1) is 11.3 Å². The number of esters is 1. The summed E-state index contributed by atoms with van der Waals surface area (Å²) < 4.78 is 40.2. The molecule has 0 atom stereocenters. The Labute approximate surface area is 143 Å². The molecule has 0 N–H and O–H groups in total. The maximum atomic E-state index is 12.7. The SMILES string of the molecule is CCOc1cccc(COC(=O)c2cccc(C#N)c2)c1OC(F)F. The van der Waals surface area contributed by atoms with E-state index >= 15 is 0 Å². The van der Waals surface area contributed by atoms with Gasteiger partial charge in [0.2, 0.25) is 0 Å². The lowest BCUT2D eigenvalue weighted by molar-refractivity contribution is -0.0526. The first kappa shape index (κ1) is 18.2. The molecule has 0 saturated heterocycles. The maximum absolute atomic E-state index is 12.7. The van der Waals surface area contributed by atoms with Gasteiger partial charge in [-0.2, -0.15) is 14.0 Å². The number of alkyl halides is 2. The number of nitriles is 1. The molecule has 0 radical (unpaired) electrons. The fraction of sp³-hybridized carbons (Fsp3) is 0.222. The van der Waals surface area contributed by atoms with Crippen molar-refractivity contribution in [1.29, 1.82) is 5.26 Å². The summed E-state index contributed by atoms with van der Waals surface area (Å²) in [5, 5.41) is 8.85. The molecule has 0 aliphatic heterocycles. The summed E-state index contributed by atoms with van der Waals surface area (Å²) >= 11 is 0. The molecule has 0 saturated carbocycles. The Morgan fingerprint density at radius 3 is 2.68 bits per heavy atom. The Morgan fingerprint density at radius 1 is 1.24 bits per heavy atom. The van der Waals surface area contributed by atoms with Gasteiger partial charge >= 0.3 is 12.6 Å². The smallest absolute Gasteiger partial charge is 0.387 e. The third-order valence-electron chi connectivity index (χ3n) is 3.15. The summed E-state index contributed by atoms with van der Waals surface area (Å²) in [5.41, 5.74) is 0.752. The minimum Gasteiger partial charge on any atom is -0.490 e. The second kappa shape index (κ2) is 8.64. The van der Waals surface area contributed by atoms with Gasteiger partial charge in [0, 0.05) is 5.56 Å². The van der Waals surface area contributed by atoms with E-state index in [1.807, 2.05) is 6.07 Å². The van der Waals surface area contributed by atoms with E-state index in [0.29, 0.717) is 5.56 Å². The molecule has 0 spiro atoms. The van der Waals surface area contributed by atoms with Gasteiger partial charge in [0.15, 0.2) is 11.5 Å². The second-order valence-corrected chi connectivity index (χ2v) is 4.82. The number of hydrogen-bond acceptors (Lipinski definition) is 5. The molecule has 5 nitrogen and oxygen atoms in total. The summed E-state index contributed by atoms with van der Waals surface area (Å²) in [7, 11) is 0. The number of nitrogens with zero attached hydrogens (tertiary/aromatic N) is 1. The Morgan fingerprint density at radius 2 is 2.00 bits per heavy atom. The van der Waals surface area contributed by atoms with E-state index in [2.05, 4.69) is 4.74 Å². The van der Waals surface area contributed by atoms with Crippen molar-refractivity contribution in [2.75, 3.05) is 6.61 Å². The minimum absolute atomic E-state index is 0.142. The highest BCUT2D eigenvalue weighted by atomic mass is 19.3. The fourth-order valence-electron chi connectivity index (χ4n) is 2.11. The number of carbonyl (C=O) groups is 1. The number of ether oxygens (including phenoxy) is 3. The highest BCUT2D eigenvalue weighted by Crippen LogP contribution is 2.33. The molecule has 0 aliphatic rings. The molecule has 0 amide bonds. The van der Waals surface area contributed by atoms with Crippen molar-refractivity contribution in [2.45, 2.75) is 20.1 Å². The summed E-state index contributed by atoms with van der Waals surface area (Å²) in [4.78, 5) is 12.1. The maximum Gasteiger partial charge on any atom is 0.387 e. The van der Waals surface area contributed by atoms with Gasteiger partial charge < -0.3 is 14.2 Å². The first-order chi connectivity index (χ1) is 12.0. The summed E-state index contributed by atoms with van der Waals surface area (Å²) in [6, 6.07) is 12.5. The van der Waals surface area contributed by atoms with Gasteiger partial charge in [0.25, 0.3) is 0 Å². The minimum atomic E-state index is -3.04. The van der Waals surface area contributed by atoms with E-state index in [-0.39, 0.29) is 35.8 Å². The van der Waals surface area contributed by atoms with Gasteiger partial charge in [-0.05, 0) is 31.2 Å². The molecule has 0 aromatic heterocycles. The molecule has 130 valence electrons. The number of para-hydroxylation sites is 1. The Hall–Kier alpha value is -3.14. The normalized spacial score (nSPS) is 10.2. The lowest BCUT2D eigenvalue weighted by Crippen LogP contribution is -2.10. The zero-order chi connectivity index (χ0) is 18.2. The average Bonchev–Trinajstić information content (AvgIpc) is 2.61. The Bertz CT molecular complexity index is 787. The number of carbonyl (C=O) groups excluding carboxylic acids is 1. The van der Waals surface area contributed by atoms with Crippen molar-refractivity contribution in [2.24, 2.45) is 0 Å². The van der Waals surface area contributed by atoms with E-state index in [9.17, 15) is 13.6 Å². The first-order valence-corrected chi connectivity index (χ1v) is 7.42. The molecule has 2 aromatic carbocycles.